The molecule has 0 aliphatic carbocycles. The van der Waals surface area contributed by atoms with Gasteiger partial charge in [0.2, 0.25) is 5.13 Å². The Kier molecular flexibility index (Phi) is 6.42. The van der Waals surface area contributed by atoms with E-state index in [1.807, 2.05) is 0 Å². The van der Waals surface area contributed by atoms with Crippen LogP contribution in [-0.2, 0) is 22.4 Å². The van der Waals surface area contributed by atoms with Crippen LogP contribution in [-0.4, -0.2) is 49.4 Å². The number of anilines is 2. The highest BCUT2D eigenvalue weighted by Gasteiger charge is 2.15. The Morgan fingerprint density at radius 3 is 3.00 bits per heavy atom. The molecule has 1 saturated heterocycles. The van der Waals surface area contributed by atoms with Gasteiger partial charge < -0.3 is 19.7 Å². The van der Waals surface area contributed by atoms with E-state index in [4.69, 9.17) is 9.47 Å². The molecule has 0 amide bonds. The fourth-order valence-corrected chi connectivity index (χ4v) is 3.53. The summed E-state index contributed by atoms with van der Waals surface area (Å²) in [6.45, 7) is 4.76. The Bertz CT molecular complexity index is 661. The summed E-state index contributed by atoms with van der Waals surface area (Å²) in [4.78, 5) is 6.87. The van der Waals surface area contributed by atoms with Gasteiger partial charge in [0, 0.05) is 54.9 Å². The average molecular weight is 413 g/mol. The molecule has 130 valence electrons. The first-order valence-electron chi connectivity index (χ1n) is 7.93. The molecule has 8 heteroatoms. The molecule has 0 radical (unpaired) electrons. The van der Waals surface area contributed by atoms with Crippen molar-refractivity contribution in [1.29, 1.82) is 0 Å². The highest BCUT2D eigenvalue weighted by atomic mass is 79.9. The standard InChI is InChI=1S/C16H21BrN4O2S/c1-22-7-4-15-19-16(24-20-15)18-11-12-2-3-13(17)10-14(12)21-5-8-23-9-6-21/h2-3,10H,4-9,11H2,1H3,(H,18,19,20). The van der Waals surface area contributed by atoms with Crippen molar-refractivity contribution in [2.24, 2.45) is 0 Å². The molecule has 1 fully saturated rings. The largest absolute Gasteiger partial charge is 0.384 e. The second kappa shape index (κ2) is 8.75. The van der Waals surface area contributed by atoms with Gasteiger partial charge in [0.1, 0.15) is 5.82 Å². The van der Waals surface area contributed by atoms with Crippen LogP contribution in [0.2, 0.25) is 0 Å². The lowest BCUT2D eigenvalue weighted by Gasteiger charge is -2.30. The number of nitrogens with one attached hydrogen (secondary N) is 1. The third-order valence-corrected chi connectivity index (χ3v) is 5.03. The van der Waals surface area contributed by atoms with Crippen LogP contribution in [0.25, 0.3) is 0 Å². The summed E-state index contributed by atoms with van der Waals surface area (Å²) in [5.74, 6) is 0.827. The van der Waals surface area contributed by atoms with Crippen LogP contribution in [0, 0.1) is 0 Å². The molecule has 6 nitrogen and oxygen atoms in total. The molecule has 1 N–H and O–H groups in total. The summed E-state index contributed by atoms with van der Waals surface area (Å²) in [5, 5.41) is 4.23. The predicted octanol–water partition coefficient (Wildman–Crippen LogP) is 2.94. The van der Waals surface area contributed by atoms with Crippen LogP contribution >= 0.6 is 27.5 Å². The molecule has 0 atom stereocenters. The lowest BCUT2D eigenvalue weighted by Crippen LogP contribution is -2.36. The van der Waals surface area contributed by atoms with Gasteiger partial charge in [-0.15, -0.1) is 0 Å². The van der Waals surface area contributed by atoms with Crippen LogP contribution in [0.5, 0.6) is 0 Å². The number of hydrogen-bond donors (Lipinski definition) is 1. The molecule has 0 unspecified atom stereocenters. The quantitative estimate of drug-likeness (QED) is 0.754. The molecule has 3 rings (SSSR count). The van der Waals surface area contributed by atoms with Crippen molar-refractivity contribution in [3.05, 3.63) is 34.1 Å². The Balaban J connectivity index is 1.67. The first-order valence-corrected chi connectivity index (χ1v) is 9.49. The van der Waals surface area contributed by atoms with E-state index >= 15 is 0 Å². The molecule has 2 aromatic rings. The molecule has 0 bridgehead atoms. The van der Waals surface area contributed by atoms with E-state index in [2.05, 4.69) is 53.7 Å². The van der Waals surface area contributed by atoms with E-state index in [0.29, 0.717) is 6.61 Å². The molecule has 1 aliphatic heterocycles. The zero-order valence-corrected chi connectivity index (χ0v) is 16.0. The van der Waals surface area contributed by atoms with Gasteiger partial charge in [0.15, 0.2) is 0 Å². The second-order valence-electron chi connectivity index (χ2n) is 5.48. The SMILES string of the molecule is COCCc1nsc(NCc2ccc(Br)cc2N2CCOCC2)n1. The van der Waals surface area contributed by atoms with Gasteiger partial charge in [-0.05, 0) is 17.7 Å². The number of rotatable bonds is 7. The summed E-state index contributed by atoms with van der Waals surface area (Å²) in [6.07, 6.45) is 0.742. The molecule has 1 aliphatic rings. The zero-order valence-electron chi connectivity index (χ0n) is 13.6. The Labute approximate surface area is 154 Å². The van der Waals surface area contributed by atoms with Crippen molar-refractivity contribution in [2.45, 2.75) is 13.0 Å². The number of halogens is 1. The maximum Gasteiger partial charge on any atom is 0.202 e. The van der Waals surface area contributed by atoms with Crippen LogP contribution in [0.1, 0.15) is 11.4 Å². The van der Waals surface area contributed by atoms with Crippen molar-refractivity contribution < 1.29 is 9.47 Å². The number of nitrogens with zero attached hydrogens (tertiary/aromatic N) is 3. The highest BCUT2D eigenvalue weighted by molar-refractivity contribution is 9.10. The van der Waals surface area contributed by atoms with Gasteiger partial charge in [0.05, 0.1) is 19.8 Å². The normalized spacial score (nSPS) is 14.8. The minimum Gasteiger partial charge on any atom is -0.384 e. The summed E-state index contributed by atoms with van der Waals surface area (Å²) in [5.41, 5.74) is 2.48. The number of hydrogen-bond acceptors (Lipinski definition) is 7. The van der Waals surface area contributed by atoms with E-state index < -0.39 is 0 Å². The third-order valence-electron chi connectivity index (χ3n) is 3.83. The highest BCUT2D eigenvalue weighted by Crippen LogP contribution is 2.27. The monoisotopic (exact) mass is 412 g/mol. The zero-order chi connectivity index (χ0) is 16.8. The van der Waals surface area contributed by atoms with Gasteiger partial charge in [-0.3, -0.25) is 0 Å². The molecular formula is C16H21BrN4O2S. The van der Waals surface area contributed by atoms with Crippen LogP contribution in [0.15, 0.2) is 22.7 Å². The van der Waals surface area contributed by atoms with Crippen molar-refractivity contribution >= 4 is 38.3 Å². The molecule has 0 spiro atoms. The summed E-state index contributed by atoms with van der Waals surface area (Å²) >= 11 is 4.97. The summed E-state index contributed by atoms with van der Waals surface area (Å²) in [6, 6.07) is 6.40. The predicted molar refractivity (Wildman–Crippen MR) is 100.0 cm³/mol. The minimum absolute atomic E-state index is 0.643. The van der Waals surface area contributed by atoms with E-state index in [1.54, 1.807) is 7.11 Å². The first kappa shape index (κ1) is 17.6. The van der Waals surface area contributed by atoms with Gasteiger partial charge in [-0.25, -0.2) is 4.98 Å². The fraction of sp³-hybridized carbons (Fsp3) is 0.500. The lowest BCUT2D eigenvalue weighted by atomic mass is 10.1. The molecular weight excluding hydrogens is 392 g/mol. The second-order valence-corrected chi connectivity index (χ2v) is 7.15. The van der Waals surface area contributed by atoms with Crippen LogP contribution in [0.4, 0.5) is 10.8 Å². The maximum atomic E-state index is 5.46. The fourth-order valence-electron chi connectivity index (χ4n) is 2.58. The summed E-state index contributed by atoms with van der Waals surface area (Å²) in [7, 11) is 1.69. The maximum absolute atomic E-state index is 5.46. The van der Waals surface area contributed by atoms with Crippen molar-refractivity contribution in [1.82, 2.24) is 9.36 Å². The van der Waals surface area contributed by atoms with Gasteiger partial charge in [0.25, 0.3) is 0 Å². The van der Waals surface area contributed by atoms with Gasteiger partial charge in [-0.1, -0.05) is 22.0 Å². The summed E-state index contributed by atoms with van der Waals surface area (Å²) < 4.78 is 16.0. The Morgan fingerprint density at radius 2 is 2.21 bits per heavy atom. The number of benzene rings is 1. The van der Waals surface area contributed by atoms with Crippen LogP contribution < -0.4 is 10.2 Å². The molecule has 1 aromatic heterocycles. The molecule has 2 heterocycles. The van der Waals surface area contributed by atoms with Crippen molar-refractivity contribution in [2.75, 3.05) is 50.2 Å². The van der Waals surface area contributed by atoms with Crippen molar-refractivity contribution in [3.8, 4) is 0 Å². The molecule has 1 aromatic carbocycles. The first-order chi connectivity index (χ1) is 11.8. The van der Waals surface area contributed by atoms with E-state index in [-0.39, 0.29) is 0 Å². The van der Waals surface area contributed by atoms with Gasteiger partial charge in [-0.2, -0.15) is 4.37 Å². The Hall–Kier alpha value is -1.22. The topological polar surface area (TPSA) is 59.5 Å². The number of methoxy groups -OCH3 is 1. The molecule has 24 heavy (non-hydrogen) atoms. The van der Waals surface area contributed by atoms with Gasteiger partial charge >= 0.3 is 0 Å². The minimum atomic E-state index is 0.643. The lowest BCUT2D eigenvalue weighted by molar-refractivity contribution is 0.122. The van der Waals surface area contributed by atoms with E-state index in [1.165, 1.54) is 22.8 Å². The number of ether oxygens (including phenoxy) is 2. The smallest absolute Gasteiger partial charge is 0.202 e. The number of morpholine rings is 1. The van der Waals surface area contributed by atoms with E-state index in [0.717, 1.165) is 54.7 Å². The Morgan fingerprint density at radius 1 is 1.38 bits per heavy atom. The molecule has 0 saturated carbocycles. The van der Waals surface area contributed by atoms with Crippen molar-refractivity contribution in [3.63, 3.8) is 0 Å². The van der Waals surface area contributed by atoms with E-state index in [9.17, 15) is 0 Å². The average Bonchev–Trinajstić information content (AvgIpc) is 3.07. The third kappa shape index (κ3) is 4.66. The van der Waals surface area contributed by atoms with Crippen LogP contribution in [0.3, 0.4) is 0 Å². The number of aromatic nitrogens is 2.